The number of nitrogens with one attached hydrogen (secondary N) is 1. The highest BCUT2D eigenvalue weighted by atomic mass is 16.5. The molecule has 0 aliphatic rings. The van der Waals surface area contributed by atoms with Crippen LogP contribution in [0, 0.1) is 5.41 Å². The second-order valence-electron chi connectivity index (χ2n) is 6.19. The van der Waals surface area contributed by atoms with E-state index < -0.39 is 23.0 Å². The second-order valence-corrected chi connectivity index (χ2v) is 6.19. The Labute approximate surface area is 121 Å². The number of β-amino-alcohol motifs (C(OH)–C–C–N with tert-alkyl or cyclic N) is 1. The second kappa shape index (κ2) is 7.93. The van der Waals surface area contributed by atoms with Crippen LogP contribution in [0.4, 0.5) is 0 Å². The van der Waals surface area contributed by atoms with E-state index >= 15 is 0 Å². The molecule has 0 spiro atoms. The Hall–Kier alpha value is -0.690. The van der Waals surface area contributed by atoms with Crippen molar-refractivity contribution in [1.82, 2.24) is 5.32 Å². The molecule has 0 saturated carbocycles. The van der Waals surface area contributed by atoms with Crippen molar-refractivity contribution in [3.05, 3.63) is 0 Å². The van der Waals surface area contributed by atoms with Crippen molar-refractivity contribution in [3.63, 3.8) is 0 Å². The summed E-state index contributed by atoms with van der Waals surface area (Å²) in [5.74, 6) is -0.880. The van der Waals surface area contributed by atoms with Gasteiger partial charge in [0.25, 0.3) is 0 Å². The maximum Gasteiger partial charge on any atom is 0.310 e. The Balaban J connectivity index is 4.23. The highest BCUT2D eigenvalue weighted by Crippen LogP contribution is 2.30. The van der Waals surface area contributed by atoms with E-state index in [1.807, 2.05) is 20.8 Å². The lowest BCUT2D eigenvalue weighted by Crippen LogP contribution is -2.57. The molecule has 2 unspecified atom stereocenters. The molecule has 120 valence electrons. The molecular weight excluding hydrogens is 262 g/mol. The first-order chi connectivity index (χ1) is 9.04. The molecule has 0 aliphatic heterocycles. The lowest BCUT2D eigenvalue weighted by atomic mass is 9.74. The predicted octanol–water partition coefficient (Wildman–Crippen LogP) is 0.878. The Bertz CT molecular complexity index is 304. The van der Waals surface area contributed by atoms with Gasteiger partial charge >= 0.3 is 5.97 Å². The van der Waals surface area contributed by atoms with Crippen LogP contribution >= 0.6 is 0 Å². The van der Waals surface area contributed by atoms with Crippen LogP contribution in [0.3, 0.4) is 0 Å². The van der Waals surface area contributed by atoms with Gasteiger partial charge in [0.2, 0.25) is 0 Å². The van der Waals surface area contributed by atoms with Crippen molar-refractivity contribution in [1.29, 1.82) is 0 Å². The van der Waals surface area contributed by atoms with Crippen LogP contribution in [-0.4, -0.2) is 60.8 Å². The van der Waals surface area contributed by atoms with E-state index in [-0.39, 0.29) is 19.3 Å². The van der Waals surface area contributed by atoms with Gasteiger partial charge < -0.3 is 25.0 Å². The van der Waals surface area contributed by atoms with Crippen LogP contribution < -0.4 is 5.32 Å². The average Bonchev–Trinajstić information content (AvgIpc) is 2.34. The topological polar surface area (TPSA) is 88.0 Å². The first-order valence-electron chi connectivity index (χ1n) is 6.81. The van der Waals surface area contributed by atoms with E-state index in [1.54, 1.807) is 21.0 Å². The molecule has 3 N–H and O–H groups in total. The number of ether oxygens (including phenoxy) is 2. The van der Waals surface area contributed by atoms with E-state index in [0.29, 0.717) is 6.61 Å². The summed E-state index contributed by atoms with van der Waals surface area (Å²) in [6.45, 7) is 9.71. The average molecular weight is 291 g/mol. The Morgan fingerprint density at radius 1 is 1.25 bits per heavy atom. The minimum Gasteiger partial charge on any atom is -0.481 e. The highest BCUT2D eigenvalue weighted by Gasteiger charge is 2.43. The minimum atomic E-state index is -0.948. The molecule has 2 atom stereocenters. The van der Waals surface area contributed by atoms with Gasteiger partial charge in [-0.3, -0.25) is 4.79 Å². The molecule has 0 rings (SSSR count). The number of aliphatic carboxylic acids is 1. The van der Waals surface area contributed by atoms with Gasteiger partial charge in [-0.15, -0.1) is 0 Å². The number of hydrogen-bond acceptors (Lipinski definition) is 5. The fourth-order valence-corrected chi connectivity index (χ4v) is 1.48. The zero-order valence-corrected chi connectivity index (χ0v) is 13.4. The molecule has 6 heteroatoms. The maximum atomic E-state index is 11.3. The number of hydrogen-bond donors (Lipinski definition) is 3. The summed E-state index contributed by atoms with van der Waals surface area (Å²) >= 11 is 0. The molecule has 0 aromatic heterocycles. The van der Waals surface area contributed by atoms with Gasteiger partial charge in [-0.25, -0.2) is 0 Å². The Morgan fingerprint density at radius 2 is 1.80 bits per heavy atom. The van der Waals surface area contributed by atoms with Gasteiger partial charge in [-0.05, 0) is 34.6 Å². The van der Waals surface area contributed by atoms with Crippen molar-refractivity contribution in [3.8, 4) is 0 Å². The molecule has 0 amide bonds. The Morgan fingerprint density at radius 3 is 2.25 bits per heavy atom. The molecule has 20 heavy (non-hydrogen) atoms. The molecule has 6 nitrogen and oxygen atoms in total. The third-order valence-corrected chi connectivity index (χ3v) is 3.85. The van der Waals surface area contributed by atoms with Gasteiger partial charge in [0.05, 0.1) is 30.8 Å². The molecule has 0 aliphatic carbocycles. The summed E-state index contributed by atoms with van der Waals surface area (Å²) in [4.78, 5) is 11.3. The molecule has 0 radical (unpaired) electrons. The molecular formula is C14H29NO5. The molecule has 0 aromatic rings. The van der Waals surface area contributed by atoms with Crippen molar-refractivity contribution in [2.45, 2.75) is 52.4 Å². The van der Waals surface area contributed by atoms with Gasteiger partial charge in [0.1, 0.15) is 0 Å². The standard InChI is InChI=1S/C14H29NO5/c1-10(8-19-6)20-9-11(16)7-15-14(4,5)13(2,3)12(17)18/h10-11,15-16H,7-9H2,1-6H3,(H,17,18). The van der Waals surface area contributed by atoms with Gasteiger partial charge in [-0.2, -0.15) is 0 Å². The molecule has 0 aromatic carbocycles. The largest absolute Gasteiger partial charge is 0.481 e. The summed E-state index contributed by atoms with van der Waals surface area (Å²) in [5.41, 5.74) is -1.60. The maximum absolute atomic E-state index is 11.3. The first-order valence-corrected chi connectivity index (χ1v) is 6.81. The van der Waals surface area contributed by atoms with E-state index in [1.165, 1.54) is 0 Å². The van der Waals surface area contributed by atoms with Crippen molar-refractivity contribution in [2.24, 2.45) is 5.41 Å². The summed E-state index contributed by atoms with van der Waals surface area (Å²) in [5, 5.41) is 22.2. The normalized spacial score (nSPS) is 15.9. The first kappa shape index (κ1) is 19.3. The van der Waals surface area contributed by atoms with E-state index in [2.05, 4.69) is 5.32 Å². The fraction of sp³-hybridized carbons (Fsp3) is 0.929. The number of methoxy groups -OCH3 is 1. The third kappa shape index (κ3) is 5.75. The van der Waals surface area contributed by atoms with E-state index in [9.17, 15) is 15.0 Å². The van der Waals surface area contributed by atoms with Gasteiger partial charge in [0.15, 0.2) is 0 Å². The SMILES string of the molecule is COCC(C)OCC(O)CNC(C)(C)C(C)(C)C(=O)O. The molecule has 0 fully saturated rings. The van der Waals surface area contributed by atoms with Crippen molar-refractivity contribution < 1.29 is 24.5 Å². The lowest BCUT2D eigenvalue weighted by Gasteiger charge is -2.39. The van der Waals surface area contributed by atoms with Crippen LogP contribution in [0.2, 0.25) is 0 Å². The summed E-state index contributed by atoms with van der Waals surface area (Å²) in [6.07, 6.45) is -0.781. The van der Waals surface area contributed by atoms with E-state index in [4.69, 9.17) is 9.47 Å². The summed E-state index contributed by atoms with van der Waals surface area (Å²) in [7, 11) is 1.59. The third-order valence-electron chi connectivity index (χ3n) is 3.85. The quantitative estimate of drug-likeness (QED) is 0.554. The summed E-state index contributed by atoms with van der Waals surface area (Å²) in [6, 6.07) is 0. The summed E-state index contributed by atoms with van der Waals surface area (Å²) < 4.78 is 10.3. The number of carboxylic acids is 1. The van der Waals surface area contributed by atoms with E-state index in [0.717, 1.165) is 0 Å². The zero-order chi connectivity index (χ0) is 16.0. The number of aliphatic hydroxyl groups is 1. The lowest BCUT2D eigenvalue weighted by molar-refractivity contribution is -0.151. The van der Waals surface area contributed by atoms with Crippen LogP contribution in [0.25, 0.3) is 0 Å². The number of aliphatic hydroxyl groups excluding tert-OH is 1. The number of carboxylic acid groups (broad SMARTS) is 1. The molecule has 0 bridgehead atoms. The van der Waals surface area contributed by atoms with Crippen molar-refractivity contribution >= 4 is 5.97 Å². The fourth-order valence-electron chi connectivity index (χ4n) is 1.48. The smallest absolute Gasteiger partial charge is 0.310 e. The van der Waals surface area contributed by atoms with Crippen molar-refractivity contribution in [2.75, 3.05) is 26.9 Å². The number of carbonyl (C=O) groups is 1. The molecule has 0 heterocycles. The van der Waals surface area contributed by atoms with Crippen LogP contribution in [-0.2, 0) is 14.3 Å². The minimum absolute atomic E-state index is 0.0851. The highest BCUT2D eigenvalue weighted by molar-refractivity contribution is 5.75. The monoisotopic (exact) mass is 291 g/mol. The van der Waals surface area contributed by atoms with Gasteiger partial charge in [0, 0.05) is 19.2 Å². The van der Waals surface area contributed by atoms with Crippen LogP contribution in [0.1, 0.15) is 34.6 Å². The van der Waals surface area contributed by atoms with Crippen LogP contribution in [0.5, 0.6) is 0 Å². The number of rotatable bonds is 10. The Kier molecular flexibility index (Phi) is 7.65. The predicted molar refractivity (Wildman–Crippen MR) is 76.8 cm³/mol. The van der Waals surface area contributed by atoms with Crippen LogP contribution in [0.15, 0.2) is 0 Å². The molecule has 0 saturated heterocycles. The zero-order valence-electron chi connectivity index (χ0n) is 13.4. The van der Waals surface area contributed by atoms with Gasteiger partial charge in [-0.1, -0.05) is 0 Å².